The molecule has 55 heavy (non-hydrogen) atoms. The Balaban J connectivity index is 1.30. The molecule has 10 heteroatoms. The molecule has 278 valence electrons. The van der Waals surface area contributed by atoms with Crippen LogP contribution in [0.5, 0.6) is 0 Å². The van der Waals surface area contributed by atoms with E-state index in [9.17, 15) is 4.79 Å². The highest BCUT2D eigenvalue weighted by Gasteiger charge is 2.42. The van der Waals surface area contributed by atoms with E-state index >= 15 is 0 Å². The third kappa shape index (κ3) is 7.29. The number of benzene rings is 5. The molecule has 0 aliphatic heterocycles. The van der Waals surface area contributed by atoms with Crippen LogP contribution in [0.1, 0.15) is 59.4 Å². The minimum absolute atomic E-state index is 0.300. The quantitative estimate of drug-likeness (QED) is 0.0583. The van der Waals surface area contributed by atoms with E-state index in [2.05, 4.69) is 126 Å². The Hall–Kier alpha value is -6.00. The van der Waals surface area contributed by atoms with E-state index in [0.717, 1.165) is 63.5 Å². The zero-order valence-corrected chi connectivity index (χ0v) is 32.5. The molecule has 0 aliphatic carbocycles. The van der Waals surface area contributed by atoms with Gasteiger partial charge in [0.15, 0.2) is 22.5 Å². The largest absolute Gasteiger partial charge is 0.461 e. The summed E-state index contributed by atoms with van der Waals surface area (Å²) in [5.74, 6) is 0.936. The van der Waals surface area contributed by atoms with Crippen molar-refractivity contribution in [1.82, 2.24) is 29.8 Å². The molecule has 0 bridgehead atoms. The Morgan fingerprint density at radius 2 is 1.33 bits per heavy atom. The van der Waals surface area contributed by atoms with Gasteiger partial charge in [-0.1, -0.05) is 165 Å². The van der Waals surface area contributed by atoms with Crippen molar-refractivity contribution < 1.29 is 9.53 Å². The van der Waals surface area contributed by atoms with Gasteiger partial charge in [0.05, 0.1) is 6.61 Å². The van der Waals surface area contributed by atoms with E-state index in [1.54, 1.807) is 0 Å². The highest BCUT2D eigenvalue weighted by molar-refractivity contribution is 7.98. The van der Waals surface area contributed by atoms with Crippen LogP contribution >= 0.6 is 11.8 Å². The number of thioether (sulfide) groups is 1. The number of ether oxygens (including phenoxy) is 1. The molecule has 0 fully saturated rings. The fourth-order valence-corrected chi connectivity index (χ4v) is 7.87. The SMILES string of the molecule is CCCCN(Cc1ccc(-c2ccccc2-c2nnnn2C(c2ccccc2)(c2ccccc2)c2ccccc2)cc1)c1nc(SC)n(C)c1C(=O)OCC. The number of unbranched alkanes of at least 4 members (excludes halogenated alkanes) is 1. The molecule has 0 atom stereocenters. The fraction of sp³-hybridized carbons (Fsp3) is 0.222. The minimum Gasteiger partial charge on any atom is -0.461 e. The van der Waals surface area contributed by atoms with E-state index in [4.69, 9.17) is 20.0 Å². The first-order chi connectivity index (χ1) is 27.0. The zero-order valence-electron chi connectivity index (χ0n) is 31.7. The summed E-state index contributed by atoms with van der Waals surface area (Å²) < 4.78 is 9.29. The van der Waals surface area contributed by atoms with Gasteiger partial charge in [0.25, 0.3) is 0 Å². The summed E-state index contributed by atoms with van der Waals surface area (Å²) in [5.41, 5.74) is 6.79. The number of carbonyl (C=O) groups is 1. The summed E-state index contributed by atoms with van der Waals surface area (Å²) in [6, 6.07) is 48.2. The molecular weight excluding hydrogens is 703 g/mol. The Morgan fingerprint density at radius 1 is 0.764 bits per heavy atom. The van der Waals surface area contributed by atoms with Crippen molar-refractivity contribution in [3.05, 3.63) is 167 Å². The summed E-state index contributed by atoms with van der Waals surface area (Å²) >= 11 is 1.51. The maximum atomic E-state index is 13.2. The monoisotopic (exact) mass is 747 g/mol. The first-order valence-electron chi connectivity index (χ1n) is 18.7. The second-order valence-corrected chi connectivity index (χ2v) is 14.1. The number of carbonyl (C=O) groups excluding carboxylic acids is 1. The van der Waals surface area contributed by atoms with Gasteiger partial charge in [-0.15, -0.1) is 5.10 Å². The van der Waals surface area contributed by atoms with Gasteiger partial charge < -0.3 is 14.2 Å². The summed E-state index contributed by atoms with van der Waals surface area (Å²) in [5, 5.41) is 14.6. The zero-order chi connectivity index (χ0) is 38.2. The Labute approximate surface area is 327 Å². The molecule has 0 unspecified atom stereocenters. The lowest BCUT2D eigenvalue weighted by Gasteiger charge is -2.36. The van der Waals surface area contributed by atoms with Crippen LogP contribution in [0.2, 0.25) is 0 Å². The van der Waals surface area contributed by atoms with Gasteiger partial charge >= 0.3 is 5.97 Å². The van der Waals surface area contributed by atoms with Crippen molar-refractivity contribution >= 4 is 23.5 Å². The lowest BCUT2D eigenvalue weighted by atomic mass is 9.77. The van der Waals surface area contributed by atoms with Crippen LogP contribution in [0.3, 0.4) is 0 Å². The van der Waals surface area contributed by atoms with Crippen LogP contribution < -0.4 is 4.90 Å². The highest BCUT2D eigenvalue weighted by Crippen LogP contribution is 2.43. The van der Waals surface area contributed by atoms with Crippen LogP contribution in [0.25, 0.3) is 22.5 Å². The predicted octanol–water partition coefficient (Wildman–Crippen LogP) is 9.29. The maximum absolute atomic E-state index is 13.2. The molecule has 0 amide bonds. The van der Waals surface area contributed by atoms with E-state index in [0.29, 0.717) is 30.5 Å². The van der Waals surface area contributed by atoms with Crippen molar-refractivity contribution in [2.45, 2.75) is 43.9 Å². The average molecular weight is 748 g/mol. The molecule has 2 aromatic heterocycles. The smallest absolute Gasteiger partial charge is 0.358 e. The molecule has 0 aliphatic rings. The summed E-state index contributed by atoms with van der Waals surface area (Å²) in [7, 11) is 1.87. The third-order valence-electron chi connectivity index (χ3n) is 9.94. The summed E-state index contributed by atoms with van der Waals surface area (Å²) in [4.78, 5) is 20.3. The number of nitrogens with zero attached hydrogens (tertiary/aromatic N) is 7. The van der Waals surface area contributed by atoms with Crippen LogP contribution in [0.15, 0.2) is 145 Å². The molecule has 5 aromatic carbocycles. The maximum Gasteiger partial charge on any atom is 0.358 e. The number of aromatic nitrogens is 6. The van der Waals surface area contributed by atoms with Crippen LogP contribution in [0, 0.1) is 0 Å². The van der Waals surface area contributed by atoms with Gasteiger partial charge in [0.2, 0.25) is 0 Å². The van der Waals surface area contributed by atoms with E-state index < -0.39 is 5.54 Å². The first-order valence-corrected chi connectivity index (χ1v) is 19.9. The van der Waals surface area contributed by atoms with Crippen LogP contribution in [-0.4, -0.2) is 55.1 Å². The van der Waals surface area contributed by atoms with Crippen LogP contribution in [0.4, 0.5) is 5.82 Å². The number of imidazole rings is 1. The first kappa shape index (κ1) is 37.3. The molecule has 0 saturated carbocycles. The predicted molar refractivity (Wildman–Crippen MR) is 220 cm³/mol. The highest BCUT2D eigenvalue weighted by atomic mass is 32.2. The Morgan fingerprint density at radius 3 is 1.87 bits per heavy atom. The van der Waals surface area contributed by atoms with Gasteiger partial charge in [-0.05, 0) is 63.4 Å². The molecule has 2 heterocycles. The molecule has 0 N–H and O–H groups in total. The fourth-order valence-electron chi connectivity index (χ4n) is 7.33. The van der Waals surface area contributed by atoms with Gasteiger partial charge in [-0.25, -0.2) is 14.5 Å². The van der Waals surface area contributed by atoms with E-state index in [-0.39, 0.29) is 5.97 Å². The van der Waals surface area contributed by atoms with E-state index in [1.807, 2.05) is 59.8 Å². The number of esters is 1. The number of hydrogen-bond acceptors (Lipinski definition) is 8. The molecule has 7 rings (SSSR count). The standard InChI is InChI=1S/C45H45N7O2S/c1-5-7-31-51(42-40(43(53)54-6-2)50(3)44(46-42)55-4)32-33-27-29-34(30-28-33)38-25-17-18-26-39(38)41-47-48-49-52(41)45(35-19-11-8-12-20-35,36-21-13-9-14-22-36)37-23-15-10-16-24-37/h8-30H,5-7,31-32H2,1-4H3. The number of tetrazole rings is 1. The lowest BCUT2D eigenvalue weighted by molar-refractivity contribution is 0.0515. The topological polar surface area (TPSA) is 91.0 Å². The molecular formula is C45H45N7O2S. The third-order valence-corrected chi connectivity index (χ3v) is 10.7. The van der Waals surface area contributed by atoms with Gasteiger partial charge in [-0.2, -0.15) is 0 Å². The Bertz CT molecular complexity index is 2230. The van der Waals surface area contributed by atoms with Crippen molar-refractivity contribution in [3.63, 3.8) is 0 Å². The minimum atomic E-state index is -0.869. The Kier molecular flexibility index (Phi) is 11.5. The number of rotatable bonds is 15. The van der Waals surface area contributed by atoms with Gasteiger partial charge in [-0.3, -0.25) is 0 Å². The van der Waals surface area contributed by atoms with E-state index in [1.165, 1.54) is 11.8 Å². The van der Waals surface area contributed by atoms with Crippen molar-refractivity contribution in [1.29, 1.82) is 0 Å². The average Bonchev–Trinajstić information content (AvgIpc) is 3.86. The number of anilines is 1. The van der Waals surface area contributed by atoms with Crippen LogP contribution in [-0.2, 0) is 23.9 Å². The molecule has 0 spiro atoms. The molecule has 9 nitrogen and oxygen atoms in total. The summed E-state index contributed by atoms with van der Waals surface area (Å²) in [6.45, 7) is 5.64. The second kappa shape index (κ2) is 17.0. The molecule has 0 saturated heterocycles. The summed E-state index contributed by atoms with van der Waals surface area (Å²) in [6.07, 6.45) is 3.95. The van der Waals surface area contributed by atoms with Crippen molar-refractivity contribution in [2.75, 3.05) is 24.3 Å². The second-order valence-electron chi connectivity index (χ2n) is 13.3. The van der Waals surface area contributed by atoms with Gasteiger partial charge in [0.1, 0.15) is 5.54 Å². The normalized spacial score (nSPS) is 11.4. The van der Waals surface area contributed by atoms with Crippen molar-refractivity contribution in [2.24, 2.45) is 7.05 Å². The lowest BCUT2D eigenvalue weighted by Crippen LogP contribution is -2.39. The molecule has 7 aromatic rings. The molecule has 0 radical (unpaired) electrons. The number of hydrogen-bond donors (Lipinski definition) is 0. The van der Waals surface area contributed by atoms with Crippen molar-refractivity contribution in [3.8, 4) is 22.5 Å². The van der Waals surface area contributed by atoms with Gasteiger partial charge in [0, 0.05) is 25.7 Å².